The first-order valence-electron chi connectivity index (χ1n) is 4.98. The number of carbonyl (C=O) groups excluding carboxylic acids is 2. The zero-order valence-corrected chi connectivity index (χ0v) is 9.46. The molecule has 0 radical (unpaired) electrons. The Kier molecular flexibility index (Phi) is 5.92. The molecule has 1 N–H and O–H groups in total. The molecule has 2 amide bonds. The summed E-state index contributed by atoms with van der Waals surface area (Å²) < 4.78 is 0. The second-order valence-corrected chi connectivity index (χ2v) is 3.54. The van der Waals surface area contributed by atoms with Crippen LogP contribution >= 0.6 is 0 Å². The number of nitrogens with zero attached hydrogens (tertiary/aromatic N) is 1. The van der Waals surface area contributed by atoms with Crippen LogP contribution in [0.1, 0.15) is 26.7 Å². The average molecular weight is 200 g/mol. The van der Waals surface area contributed by atoms with Crippen molar-refractivity contribution in [3.8, 4) is 0 Å². The van der Waals surface area contributed by atoms with Crippen molar-refractivity contribution in [1.29, 1.82) is 0 Å². The van der Waals surface area contributed by atoms with E-state index in [0.29, 0.717) is 13.0 Å². The summed E-state index contributed by atoms with van der Waals surface area (Å²) >= 11 is 0. The van der Waals surface area contributed by atoms with Gasteiger partial charge in [-0.3, -0.25) is 9.59 Å². The Morgan fingerprint density at radius 2 is 2.00 bits per heavy atom. The molecule has 0 aliphatic carbocycles. The van der Waals surface area contributed by atoms with Gasteiger partial charge < -0.3 is 10.2 Å². The highest BCUT2D eigenvalue weighted by molar-refractivity contribution is 5.80. The Bertz CT molecular complexity index is 204. The summed E-state index contributed by atoms with van der Waals surface area (Å²) in [5, 5.41) is 2.56. The van der Waals surface area contributed by atoms with Gasteiger partial charge in [0.1, 0.15) is 0 Å². The number of hydrogen-bond donors (Lipinski definition) is 1. The van der Waals surface area contributed by atoms with Gasteiger partial charge in [0.05, 0.1) is 5.92 Å². The van der Waals surface area contributed by atoms with Crippen LogP contribution in [0.15, 0.2) is 0 Å². The lowest BCUT2D eigenvalue weighted by molar-refractivity contribution is -0.132. The molecule has 0 saturated carbocycles. The minimum absolute atomic E-state index is 0.0267. The van der Waals surface area contributed by atoms with E-state index in [2.05, 4.69) is 5.32 Å². The van der Waals surface area contributed by atoms with Gasteiger partial charge >= 0.3 is 0 Å². The van der Waals surface area contributed by atoms with Crippen molar-refractivity contribution >= 4 is 11.8 Å². The van der Waals surface area contributed by atoms with E-state index in [1.165, 1.54) is 0 Å². The maximum absolute atomic E-state index is 11.4. The minimum atomic E-state index is -0.147. The van der Waals surface area contributed by atoms with Gasteiger partial charge in [-0.15, -0.1) is 0 Å². The van der Waals surface area contributed by atoms with Crippen molar-refractivity contribution in [1.82, 2.24) is 10.2 Å². The van der Waals surface area contributed by atoms with E-state index in [1.807, 2.05) is 13.8 Å². The highest BCUT2D eigenvalue weighted by atomic mass is 16.2. The lowest BCUT2D eigenvalue weighted by atomic mass is 10.1. The Labute approximate surface area is 85.7 Å². The largest absolute Gasteiger partial charge is 0.359 e. The predicted octanol–water partition coefficient (Wildman–Crippen LogP) is 0.627. The number of nitrogens with one attached hydrogen (secondary N) is 1. The quantitative estimate of drug-likeness (QED) is 0.707. The van der Waals surface area contributed by atoms with E-state index in [-0.39, 0.29) is 17.7 Å². The van der Waals surface area contributed by atoms with Gasteiger partial charge in [-0.1, -0.05) is 13.8 Å². The molecule has 0 fully saturated rings. The van der Waals surface area contributed by atoms with Gasteiger partial charge in [-0.2, -0.15) is 0 Å². The van der Waals surface area contributed by atoms with E-state index in [9.17, 15) is 9.59 Å². The van der Waals surface area contributed by atoms with Crippen LogP contribution in [-0.2, 0) is 9.59 Å². The Hall–Kier alpha value is -1.06. The number of amides is 2. The third-order valence-electron chi connectivity index (χ3n) is 2.13. The zero-order valence-electron chi connectivity index (χ0n) is 9.46. The number of rotatable bonds is 5. The highest BCUT2D eigenvalue weighted by Gasteiger charge is 2.16. The molecule has 4 heteroatoms. The molecular weight excluding hydrogens is 180 g/mol. The normalized spacial score (nSPS) is 12.0. The first-order chi connectivity index (χ1) is 6.52. The molecule has 0 saturated heterocycles. The van der Waals surface area contributed by atoms with Crippen molar-refractivity contribution < 1.29 is 9.59 Å². The molecular formula is C10H20N2O2. The smallest absolute Gasteiger partial charge is 0.224 e. The molecule has 0 rings (SSSR count). The summed E-state index contributed by atoms with van der Waals surface area (Å²) in [6, 6.07) is 0. The summed E-state index contributed by atoms with van der Waals surface area (Å²) in [5.41, 5.74) is 0. The highest BCUT2D eigenvalue weighted by Crippen LogP contribution is 2.01. The first kappa shape index (κ1) is 12.9. The molecule has 0 bridgehead atoms. The van der Waals surface area contributed by atoms with E-state index >= 15 is 0 Å². The topological polar surface area (TPSA) is 49.4 Å². The van der Waals surface area contributed by atoms with Gasteiger partial charge in [0.2, 0.25) is 11.8 Å². The van der Waals surface area contributed by atoms with Crippen LogP contribution in [0.5, 0.6) is 0 Å². The Morgan fingerprint density at radius 3 is 2.43 bits per heavy atom. The van der Waals surface area contributed by atoms with Crippen molar-refractivity contribution in [3.05, 3.63) is 0 Å². The fraction of sp³-hybridized carbons (Fsp3) is 0.800. The average Bonchev–Trinajstić information content (AvgIpc) is 2.16. The molecule has 0 aliphatic rings. The van der Waals surface area contributed by atoms with Gasteiger partial charge in [-0.25, -0.2) is 0 Å². The van der Waals surface area contributed by atoms with Crippen LogP contribution in [0.3, 0.4) is 0 Å². The maximum atomic E-state index is 11.4. The molecule has 1 atom stereocenters. The third kappa shape index (κ3) is 4.25. The van der Waals surface area contributed by atoms with Crippen LogP contribution in [0.25, 0.3) is 0 Å². The molecule has 0 spiro atoms. The predicted molar refractivity (Wildman–Crippen MR) is 55.8 cm³/mol. The van der Waals surface area contributed by atoms with Crippen LogP contribution in [0, 0.1) is 5.92 Å². The van der Waals surface area contributed by atoms with Gasteiger partial charge in [0.25, 0.3) is 0 Å². The summed E-state index contributed by atoms with van der Waals surface area (Å²) in [6.07, 6.45) is 1.40. The van der Waals surface area contributed by atoms with E-state index in [4.69, 9.17) is 0 Å². The second kappa shape index (κ2) is 6.40. The lowest BCUT2D eigenvalue weighted by Gasteiger charge is -2.20. The minimum Gasteiger partial charge on any atom is -0.359 e. The fourth-order valence-electron chi connectivity index (χ4n) is 1.25. The van der Waals surface area contributed by atoms with E-state index in [0.717, 1.165) is 6.42 Å². The molecule has 0 aromatic rings. The summed E-state index contributed by atoms with van der Waals surface area (Å²) in [4.78, 5) is 24.2. The third-order valence-corrected chi connectivity index (χ3v) is 2.13. The molecule has 1 unspecified atom stereocenters. The van der Waals surface area contributed by atoms with Crippen molar-refractivity contribution in [2.75, 3.05) is 20.6 Å². The molecule has 0 aromatic carbocycles. The SMILES string of the molecule is CCCC(=O)N(C)CC(C)C(=O)NC. The van der Waals surface area contributed by atoms with Gasteiger partial charge in [-0.05, 0) is 6.42 Å². The van der Waals surface area contributed by atoms with Crippen LogP contribution in [0.2, 0.25) is 0 Å². The second-order valence-electron chi connectivity index (χ2n) is 3.54. The molecule has 0 aliphatic heterocycles. The summed E-state index contributed by atoms with van der Waals surface area (Å²) in [7, 11) is 3.34. The van der Waals surface area contributed by atoms with Crippen LogP contribution < -0.4 is 5.32 Å². The van der Waals surface area contributed by atoms with Crippen LogP contribution in [-0.4, -0.2) is 37.4 Å². The molecule has 0 heterocycles. The summed E-state index contributed by atoms with van der Waals surface area (Å²) in [6.45, 7) is 4.26. The van der Waals surface area contributed by atoms with Gasteiger partial charge in [0.15, 0.2) is 0 Å². The maximum Gasteiger partial charge on any atom is 0.224 e. The number of carbonyl (C=O) groups is 2. The molecule has 0 aromatic heterocycles. The monoisotopic (exact) mass is 200 g/mol. The standard InChI is InChI=1S/C10H20N2O2/c1-5-6-9(13)12(4)7-8(2)10(14)11-3/h8H,5-7H2,1-4H3,(H,11,14). The zero-order chi connectivity index (χ0) is 11.1. The number of hydrogen-bond acceptors (Lipinski definition) is 2. The van der Waals surface area contributed by atoms with Gasteiger partial charge in [0, 0.05) is 27.1 Å². The Morgan fingerprint density at radius 1 is 1.43 bits per heavy atom. The first-order valence-corrected chi connectivity index (χ1v) is 4.98. The van der Waals surface area contributed by atoms with Crippen molar-refractivity contribution in [2.45, 2.75) is 26.7 Å². The molecule has 82 valence electrons. The Balaban J connectivity index is 3.98. The van der Waals surface area contributed by atoms with Crippen molar-refractivity contribution in [2.24, 2.45) is 5.92 Å². The lowest BCUT2D eigenvalue weighted by Crippen LogP contribution is -2.37. The summed E-state index contributed by atoms with van der Waals surface area (Å²) in [5.74, 6) is -0.0739. The van der Waals surface area contributed by atoms with E-state index < -0.39 is 0 Å². The molecule has 14 heavy (non-hydrogen) atoms. The molecule has 4 nitrogen and oxygen atoms in total. The van der Waals surface area contributed by atoms with Crippen LogP contribution in [0.4, 0.5) is 0 Å². The van der Waals surface area contributed by atoms with Crippen molar-refractivity contribution in [3.63, 3.8) is 0 Å². The fourth-order valence-corrected chi connectivity index (χ4v) is 1.25. The van der Waals surface area contributed by atoms with E-state index in [1.54, 1.807) is 19.0 Å².